The van der Waals surface area contributed by atoms with Crippen LogP contribution >= 0.6 is 0 Å². The Balaban J connectivity index is 1.41. The molecule has 1 aromatic carbocycles. The van der Waals surface area contributed by atoms with Crippen molar-refractivity contribution in [1.82, 2.24) is 14.5 Å². The number of fused-ring (bicyclic) bond motifs is 1. The normalized spacial score (nSPS) is 21.6. The first-order valence-electron chi connectivity index (χ1n) is 9.22. The zero-order valence-electron chi connectivity index (χ0n) is 15.2. The summed E-state index contributed by atoms with van der Waals surface area (Å²) >= 11 is 0. The molecule has 0 radical (unpaired) electrons. The van der Waals surface area contributed by atoms with E-state index < -0.39 is 0 Å². The van der Waals surface area contributed by atoms with E-state index in [2.05, 4.69) is 40.7 Å². The number of carbonyl (C=O) groups excluding carboxylic acids is 1. The Morgan fingerprint density at radius 2 is 2.15 bits per heavy atom. The number of aryl methyl sites for hydroxylation is 1. The smallest absolute Gasteiger partial charge is 0.289 e. The van der Waals surface area contributed by atoms with Gasteiger partial charge in [0.15, 0.2) is 5.76 Å². The molecule has 6 nitrogen and oxygen atoms in total. The summed E-state index contributed by atoms with van der Waals surface area (Å²) in [7, 11) is 0. The van der Waals surface area contributed by atoms with Gasteiger partial charge in [0.2, 0.25) is 0 Å². The van der Waals surface area contributed by atoms with Gasteiger partial charge < -0.3 is 18.6 Å². The molecule has 0 saturated carbocycles. The van der Waals surface area contributed by atoms with Crippen LogP contribution in [-0.2, 0) is 17.9 Å². The second kappa shape index (κ2) is 6.09. The summed E-state index contributed by atoms with van der Waals surface area (Å²) in [6, 6.07) is 11.9. The number of imidazole rings is 1. The Labute approximate surface area is 157 Å². The predicted octanol–water partition coefficient (Wildman–Crippen LogP) is 3.27. The lowest BCUT2D eigenvalue weighted by molar-refractivity contribution is -0.0805. The van der Waals surface area contributed by atoms with Gasteiger partial charge >= 0.3 is 0 Å². The van der Waals surface area contributed by atoms with Gasteiger partial charge in [-0.3, -0.25) is 4.79 Å². The molecule has 4 heterocycles. The number of aromatic nitrogens is 2. The zero-order valence-corrected chi connectivity index (χ0v) is 15.2. The van der Waals surface area contributed by atoms with Crippen molar-refractivity contribution in [3.05, 3.63) is 66.0 Å². The van der Waals surface area contributed by atoms with Crippen LogP contribution in [0.1, 0.15) is 28.4 Å². The molecule has 0 bridgehead atoms. The number of ether oxygens (including phenoxy) is 1. The lowest BCUT2D eigenvalue weighted by Crippen LogP contribution is -2.45. The molecule has 2 aromatic heterocycles. The molecule has 1 spiro atoms. The lowest BCUT2D eigenvalue weighted by atomic mass is 10.0. The molecule has 1 fully saturated rings. The number of amides is 1. The number of hydrogen-bond acceptors (Lipinski definition) is 4. The molecule has 1 saturated heterocycles. The van der Waals surface area contributed by atoms with Crippen LogP contribution in [0.25, 0.3) is 11.3 Å². The Hall–Kier alpha value is -2.86. The second-order valence-electron chi connectivity index (χ2n) is 7.44. The highest BCUT2D eigenvalue weighted by Crippen LogP contribution is 2.35. The summed E-state index contributed by atoms with van der Waals surface area (Å²) in [5.41, 5.74) is 3.12. The van der Waals surface area contributed by atoms with E-state index in [9.17, 15) is 4.79 Å². The fourth-order valence-corrected chi connectivity index (χ4v) is 4.11. The molecule has 0 unspecified atom stereocenters. The Bertz CT molecular complexity index is 992. The first-order valence-corrected chi connectivity index (χ1v) is 9.22. The van der Waals surface area contributed by atoms with Crippen LogP contribution in [0.4, 0.5) is 0 Å². The van der Waals surface area contributed by atoms with E-state index in [-0.39, 0.29) is 11.5 Å². The van der Waals surface area contributed by atoms with Crippen LogP contribution in [0, 0.1) is 6.92 Å². The van der Waals surface area contributed by atoms with Gasteiger partial charge in [0, 0.05) is 12.1 Å². The summed E-state index contributed by atoms with van der Waals surface area (Å²) in [4.78, 5) is 19.0. The van der Waals surface area contributed by atoms with Crippen molar-refractivity contribution in [2.24, 2.45) is 0 Å². The van der Waals surface area contributed by atoms with Gasteiger partial charge in [-0.25, -0.2) is 4.98 Å². The monoisotopic (exact) mass is 363 g/mol. The first kappa shape index (κ1) is 16.3. The number of carbonyl (C=O) groups is 1. The Kier molecular flexibility index (Phi) is 3.68. The quantitative estimate of drug-likeness (QED) is 0.701. The SMILES string of the molecule is Cc1cccc(-c2cnc3n2C[C@]2(CCN(C(=O)c4ccco4)C2)OC3)c1. The molecular weight excluding hydrogens is 342 g/mol. The molecule has 1 amide bonds. The molecule has 27 heavy (non-hydrogen) atoms. The molecule has 0 N–H and O–H groups in total. The Morgan fingerprint density at radius 1 is 1.22 bits per heavy atom. The molecule has 2 aliphatic rings. The fraction of sp³-hybridized carbons (Fsp3) is 0.333. The third-order valence-corrected chi connectivity index (χ3v) is 5.54. The third-order valence-electron chi connectivity index (χ3n) is 5.54. The van der Waals surface area contributed by atoms with Crippen molar-refractivity contribution in [3.63, 3.8) is 0 Å². The van der Waals surface area contributed by atoms with Crippen molar-refractivity contribution in [3.8, 4) is 11.3 Å². The van der Waals surface area contributed by atoms with E-state index in [0.29, 0.717) is 32.0 Å². The highest BCUT2D eigenvalue weighted by molar-refractivity contribution is 5.91. The molecule has 2 aliphatic heterocycles. The largest absolute Gasteiger partial charge is 0.459 e. The number of nitrogens with zero attached hydrogens (tertiary/aromatic N) is 3. The maximum absolute atomic E-state index is 12.6. The number of rotatable bonds is 2. The number of likely N-dealkylation sites (tertiary alicyclic amines) is 1. The van der Waals surface area contributed by atoms with Crippen LogP contribution in [0.3, 0.4) is 0 Å². The van der Waals surface area contributed by atoms with Gasteiger partial charge in [0.05, 0.1) is 31.2 Å². The lowest BCUT2D eigenvalue weighted by Gasteiger charge is -2.35. The van der Waals surface area contributed by atoms with Gasteiger partial charge in [-0.05, 0) is 31.5 Å². The van der Waals surface area contributed by atoms with Crippen LogP contribution in [0.15, 0.2) is 53.3 Å². The number of furan rings is 1. The van der Waals surface area contributed by atoms with Crippen LogP contribution in [-0.4, -0.2) is 39.0 Å². The number of benzene rings is 1. The van der Waals surface area contributed by atoms with E-state index in [1.54, 1.807) is 12.1 Å². The Morgan fingerprint density at radius 3 is 2.96 bits per heavy atom. The summed E-state index contributed by atoms with van der Waals surface area (Å²) in [5, 5.41) is 0. The summed E-state index contributed by atoms with van der Waals surface area (Å²) in [5.74, 6) is 1.25. The summed E-state index contributed by atoms with van der Waals surface area (Å²) in [6.07, 6.45) is 4.26. The van der Waals surface area contributed by atoms with Crippen LogP contribution in [0.2, 0.25) is 0 Å². The van der Waals surface area contributed by atoms with Gasteiger partial charge in [-0.15, -0.1) is 0 Å². The van der Waals surface area contributed by atoms with Gasteiger partial charge in [-0.1, -0.05) is 23.8 Å². The highest BCUT2D eigenvalue weighted by atomic mass is 16.5. The van der Waals surface area contributed by atoms with Gasteiger partial charge in [0.25, 0.3) is 5.91 Å². The predicted molar refractivity (Wildman–Crippen MR) is 99.1 cm³/mol. The maximum atomic E-state index is 12.6. The minimum absolute atomic E-state index is 0.0733. The average molecular weight is 363 g/mol. The number of hydrogen-bond donors (Lipinski definition) is 0. The molecule has 3 aromatic rings. The molecule has 5 rings (SSSR count). The van der Waals surface area contributed by atoms with Crippen molar-refractivity contribution in [1.29, 1.82) is 0 Å². The second-order valence-corrected chi connectivity index (χ2v) is 7.44. The van der Waals surface area contributed by atoms with E-state index in [0.717, 1.165) is 23.5 Å². The highest BCUT2D eigenvalue weighted by Gasteiger charge is 2.45. The van der Waals surface area contributed by atoms with E-state index >= 15 is 0 Å². The van der Waals surface area contributed by atoms with Gasteiger partial charge in [0.1, 0.15) is 18.0 Å². The standard InChI is InChI=1S/C21H21N3O3/c1-15-4-2-5-16(10-15)17-11-22-19-12-27-21(14-24(17)19)7-8-23(13-21)20(25)18-6-3-9-26-18/h2-6,9-11H,7-8,12-14H2,1H3/t21-/m1/s1. The molecule has 0 aliphatic carbocycles. The molecule has 138 valence electrons. The maximum Gasteiger partial charge on any atom is 0.289 e. The first-order chi connectivity index (χ1) is 13.1. The average Bonchev–Trinajstić information content (AvgIpc) is 3.41. The summed E-state index contributed by atoms with van der Waals surface area (Å²) in [6.45, 7) is 4.50. The molecule has 6 heteroatoms. The van der Waals surface area contributed by atoms with Crippen LogP contribution < -0.4 is 0 Å². The van der Waals surface area contributed by atoms with E-state index in [4.69, 9.17) is 9.15 Å². The molecule has 1 atom stereocenters. The van der Waals surface area contributed by atoms with E-state index in [1.807, 2.05) is 11.1 Å². The minimum atomic E-state index is -0.367. The van der Waals surface area contributed by atoms with Crippen molar-refractivity contribution in [2.75, 3.05) is 13.1 Å². The van der Waals surface area contributed by atoms with Crippen molar-refractivity contribution in [2.45, 2.75) is 32.1 Å². The zero-order chi connectivity index (χ0) is 18.4. The minimum Gasteiger partial charge on any atom is -0.459 e. The van der Waals surface area contributed by atoms with Crippen molar-refractivity contribution < 1.29 is 13.9 Å². The fourth-order valence-electron chi connectivity index (χ4n) is 4.11. The van der Waals surface area contributed by atoms with Crippen molar-refractivity contribution >= 4 is 5.91 Å². The van der Waals surface area contributed by atoms with Crippen LogP contribution in [0.5, 0.6) is 0 Å². The topological polar surface area (TPSA) is 60.5 Å². The molecular formula is C21H21N3O3. The summed E-state index contributed by atoms with van der Waals surface area (Å²) < 4.78 is 13.7. The van der Waals surface area contributed by atoms with Gasteiger partial charge in [-0.2, -0.15) is 0 Å². The third kappa shape index (κ3) is 2.77. The van der Waals surface area contributed by atoms with E-state index in [1.165, 1.54) is 11.8 Å².